The first kappa shape index (κ1) is 10.2. The summed E-state index contributed by atoms with van der Waals surface area (Å²) in [6.07, 6.45) is 0. The molecular weight excluding hydrogens is 186 g/mol. The van der Waals surface area contributed by atoms with Crippen LogP contribution >= 0.6 is 0 Å². The van der Waals surface area contributed by atoms with E-state index in [1.54, 1.807) is 0 Å². The minimum Gasteiger partial charge on any atom is -0.309 e. The van der Waals surface area contributed by atoms with Gasteiger partial charge in [-0.05, 0) is 20.2 Å². The Kier molecular flexibility index (Phi) is 2.73. The molecule has 0 amide bonds. The highest BCUT2D eigenvalue weighted by Crippen LogP contribution is 2.22. The lowest BCUT2D eigenvalue weighted by Gasteiger charge is -2.15. The third-order valence-corrected chi connectivity index (χ3v) is 2.62. The third-order valence-electron chi connectivity index (χ3n) is 2.62. The molecule has 3 heteroatoms. The van der Waals surface area contributed by atoms with E-state index in [4.69, 9.17) is 0 Å². The average Bonchev–Trinajstić information content (AvgIpc) is 2.59. The maximum absolute atomic E-state index is 4.30. The zero-order chi connectivity index (χ0) is 10.8. The molecule has 0 radical (unpaired) electrons. The molecule has 1 N–H and O–H groups in total. The minimum absolute atomic E-state index is 0.479. The summed E-state index contributed by atoms with van der Waals surface area (Å²) in [5.41, 5.74) is 2.29. The quantitative estimate of drug-likeness (QED) is 0.829. The molecule has 3 nitrogen and oxygen atoms in total. The number of rotatable bonds is 3. The molecule has 1 heterocycles. The fourth-order valence-corrected chi connectivity index (χ4v) is 1.99. The molecule has 1 unspecified atom stereocenters. The molecular formula is C12H17N3. The first-order valence-electron chi connectivity index (χ1n) is 5.26. The molecule has 2 rings (SSSR count). The van der Waals surface area contributed by atoms with Crippen molar-refractivity contribution in [3.8, 4) is 0 Å². The highest BCUT2D eigenvalue weighted by atomic mass is 15.1. The van der Waals surface area contributed by atoms with Crippen molar-refractivity contribution in [3.05, 3.63) is 30.0 Å². The topological polar surface area (TPSA) is 31.9 Å². The molecule has 1 atom stereocenters. The number of likely N-dealkylation sites (N-methyl/N-ethyl adjacent to an activating group) is 1. The predicted octanol–water partition coefficient (Wildman–Crippen LogP) is 2.23. The van der Waals surface area contributed by atoms with E-state index in [2.05, 4.69) is 48.2 Å². The van der Waals surface area contributed by atoms with Gasteiger partial charge in [0.25, 0.3) is 0 Å². The van der Waals surface area contributed by atoms with Gasteiger partial charge in [-0.25, -0.2) is 0 Å². The summed E-state index contributed by atoms with van der Waals surface area (Å²) in [5.74, 6) is 0.479. The number of para-hydroxylation sites is 1. The Morgan fingerprint density at radius 3 is 2.80 bits per heavy atom. The van der Waals surface area contributed by atoms with E-state index < -0.39 is 0 Å². The fraction of sp³-hybridized carbons (Fsp3) is 0.417. The van der Waals surface area contributed by atoms with Crippen LogP contribution in [0.4, 0.5) is 0 Å². The molecule has 0 spiro atoms. The summed E-state index contributed by atoms with van der Waals surface area (Å²) in [4.78, 5) is 2.19. The zero-order valence-corrected chi connectivity index (χ0v) is 9.49. The monoisotopic (exact) mass is 203 g/mol. The third kappa shape index (κ3) is 2.02. The Labute approximate surface area is 90.1 Å². The van der Waals surface area contributed by atoms with Crippen LogP contribution < -0.4 is 0 Å². The molecule has 15 heavy (non-hydrogen) atoms. The van der Waals surface area contributed by atoms with Crippen molar-refractivity contribution in [2.75, 3.05) is 20.6 Å². The zero-order valence-electron chi connectivity index (χ0n) is 9.49. The Morgan fingerprint density at radius 2 is 2.07 bits per heavy atom. The van der Waals surface area contributed by atoms with Gasteiger partial charge >= 0.3 is 0 Å². The molecule has 0 saturated carbocycles. The van der Waals surface area contributed by atoms with E-state index >= 15 is 0 Å². The van der Waals surface area contributed by atoms with Crippen molar-refractivity contribution in [2.45, 2.75) is 12.8 Å². The summed E-state index contributed by atoms with van der Waals surface area (Å²) in [5, 5.41) is 8.69. The number of hydrogen-bond acceptors (Lipinski definition) is 2. The summed E-state index contributed by atoms with van der Waals surface area (Å²) in [6, 6.07) is 8.24. The van der Waals surface area contributed by atoms with Crippen molar-refractivity contribution < 1.29 is 0 Å². The lowest BCUT2D eigenvalue weighted by Crippen LogP contribution is -2.18. The van der Waals surface area contributed by atoms with Gasteiger partial charge in [0.2, 0.25) is 0 Å². The summed E-state index contributed by atoms with van der Waals surface area (Å²) < 4.78 is 0. The van der Waals surface area contributed by atoms with Gasteiger partial charge in [-0.15, -0.1) is 0 Å². The van der Waals surface area contributed by atoms with Crippen molar-refractivity contribution in [3.63, 3.8) is 0 Å². The maximum atomic E-state index is 4.30. The average molecular weight is 203 g/mol. The Hall–Kier alpha value is -1.35. The number of hydrogen-bond donors (Lipinski definition) is 1. The molecule has 80 valence electrons. The summed E-state index contributed by atoms with van der Waals surface area (Å²) >= 11 is 0. The molecule has 1 aromatic carbocycles. The molecule has 0 aliphatic carbocycles. The number of nitrogens with zero attached hydrogens (tertiary/aromatic N) is 2. The molecule has 1 aromatic heterocycles. The van der Waals surface area contributed by atoms with Gasteiger partial charge in [0.15, 0.2) is 0 Å². The number of fused-ring (bicyclic) bond motifs is 1. The standard InChI is InChI=1S/C12H17N3/c1-9(8-15(2)3)12-10-6-4-5-7-11(10)13-14-12/h4-7,9H,8H2,1-3H3,(H,13,14). The normalized spacial score (nSPS) is 13.6. The lowest BCUT2D eigenvalue weighted by molar-refractivity contribution is 0.381. The number of aromatic amines is 1. The van der Waals surface area contributed by atoms with E-state index in [1.165, 1.54) is 11.1 Å². The largest absolute Gasteiger partial charge is 0.309 e. The van der Waals surface area contributed by atoms with Gasteiger partial charge < -0.3 is 4.90 Å². The molecule has 0 bridgehead atoms. The van der Waals surface area contributed by atoms with Gasteiger partial charge in [0, 0.05) is 23.5 Å². The van der Waals surface area contributed by atoms with Crippen LogP contribution in [-0.4, -0.2) is 35.7 Å². The number of aromatic nitrogens is 2. The van der Waals surface area contributed by atoms with Crippen LogP contribution in [-0.2, 0) is 0 Å². The van der Waals surface area contributed by atoms with Crippen LogP contribution in [0.15, 0.2) is 24.3 Å². The first-order chi connectivity index (χ1) is 7.18. The second-order valence-corrected chi connectivity index (χ2v) is 4.32. The summed E-state index contributed by atoms with van der Waals surface area (Å²) in [6.45, 7) is 3.26. The predicted molar refractivity (Wildman–Crippen MR) is 63.1 cm³/mol. The first-order valence-corrected chi connectivity index (χ1v) is 5.26. The number of nitrogens with one attached hydrogen (secondary N) is 1. The molecule has 2 aromatic rings. The SMILES string of the molecule is CC(CN(C)C)c1[nH]nc2ccccc12. The molecule has 0 aliphatic rings. The highest BCUT2D eigenvalue weighted by molar-refractivity contribution is 5.81. The van der Waals surface area contributed by atoms with Gasteiger partial charge in [-0.3, -0.25) is 5.10 Å². The van der Waals surface area contributed by atoms with Gasteiger partial charge in [-0.1, -0.05) is 25.1 Å². The van der Waals surface area contributed by atoms with Crippen molar-refractivity contribution in [1.29, 1.82) is 0 Å². The van der Waals surface area contributed by atoms with E-state index in [0.29, 0.717) is 5.92 Å². The van der Waals surface area contributed by atoms with Gasteiger partial charge in [0.05, 0.1) is 5.52 Å². The van der Waals surface area contributed by atoms with E-state index in [-0.39, 0.29) is 0 Å². The molecule has 0 saturated heterocycles. The van der Waals surface area contributed by atoms with Crippen LogP contribution in [0.3, 0.4) is 0 Å². The van der Waals surface area contributed by atoms with E-state index in [1.807, 2.05) is 12.1 Å². The van der Waals surface area contributed by atoms with E-state index in [0.717, 1.165) is 12.1 Å². The van der Waals surface area contributed by atoms with E-state index in [9.17, 15) is 0 Å². The van der Waals surface area contributed by atoms with Crippen LogP contribution in [0.25, 0.3) is 10.9 Å². The van der Waals surface area contributed by atoms with Crippen LogP contribution in [0.2, 0.25) is 0 Å². The van der Waals surface area contributed by atoms with Gasteiger partial charge in [0.1, 0.15) is 0 Å². The van der Waals surface area contributed by atoms with Crippen molar-refractivity contribution in [2.24, 2.45) is 0 Å². The fourth-order valence-electron chi connectivity index (χ4n) is 1.99. The van der Waals surface area contributed by atoms with Crippen LogP contribution in [0.5, 0.6) is 0 Å². The Morgan fingerprint density at radius 1 is 1.33 bits per heavy atom. The van der Waals surface area contributed by atoms with Crippen molar-refractivity contribution in [1.82, 2.24) is 15.1 Å². The van der Waals surface area contributed by atoms with Crippen molar-refractivity contribution >= 4 is 10.9 Å². The van der Waals surface area contributed by atoms with Gasteiger partial charge in [-0.2, -0.15) is 5.10 Å². The van der Waals surface area contributed by atoms with Crippen LogP contribution in [0.1, 0.15) is 18.5 Å². The Balaban J connectivity index is 2.35. The second kappa shape index (κ2) is 4.03. The summed E-state index contributed by atoms with van der Waals surface area (Å²) in [7, 11) is 4.18. The Bertz CT molecular complexity index is 445. The molecule has 0 aliphatic heterocycles. The number of benzene rings is 1. The maximum Gasteiger partial charge on any atom is 0.0923 e. The second-order valence-electron chi connectivity index (χ2n) is 4.32. The lowest BCUT2D eigenvalue weighted by atomic mass is 10.0. The van der Waals surface area contributed by atoms with Crippen LogP contribution in [0, 0.1) is 0 Å². The molecule has 0 fully saturated rings. The number of H-pyrrole nitrogens is 1. The minimum atomic E-state index is 0.479. The highest BCUT2D eigenvalue weighted by Gasteiger charge is 2.12. The smallest absolute Gasteiger partial charge is 0.0923 e.